The summed E-state index contributed by atoms with van der Waals surface area (Å²) in [7, 11) is 3.27. The number of fused-ring (bicyclic) bond motifs is 1. The Kier molecular flexibility index (Phi) is 6.87. The summed E-state index contributed by atoms with van der Waals surface area (Å²) in [6.07, 6.45) is 2.34. The standard InChI is InChI=1S/C28H29N3O4/c1-5-6-14-26-29-23-16-15-19(35-28(34)30(3)4)17-25(23)31(26)24-13-9-12-20(18(24)2)21-10-7-8-11-22(21)27(32)33/h7-13,15-17H,5-6,14H2,1-4H3,(H,32,33). The maximum Gasteiger partial charge on any atom is 0.414 e. The van der Waals surface area contributed by atoms with Gasteiger partial charge in [0.1, 0.15) is 11.6 Å². The largest absolute Gasteiger partial charge is 0.478 e. The molecule has 1 aromatic heterocycles. The smallest absolute Gasteiger partial charge is 0.414 e. The van der Waals surface area contributed by atoms with E-state index in [0.717, 1.165) is 52.9 Å². The minimum absolute atomic E-state index is 0.257. The van der Waals surface area contributed by atoms with Crippen molar-refractivity contribution in [1.82, 2.24) is 14.5 Å². The van der Waals surface area contributed by atoms with Crippen LogP contribution in [0.2, 0.25) is 0 Å². The topological polar surface area (TPSA) is 84.7 Å². The molecule has 0 bridgehead atoms. The fourth-order valence-electron chi connectivity index (χ4n) is 4.19. The van der Waals surface area contributed by atoms with Gasteiger partial charge in [0.25, 0.3) is 0 Å². The number of aromatic carboxylic acids is 1. The number of hydrogen-bond acceptors (Lipinski definition) is 4. The van der Waals surface area contributed by atoms with E-state index in [-0.39, 0.29) is 5.56 Å². The van der Waals surface area contributed by atoms with Crippen LogP contribution in [-0.4, -0.2) is 45.7 Å². The minimum Gasteiger partial charge on any atom is -0.478 e. The lowest BCUT2D eigenvalue weighted by Gasteiger charge is -2.17. The number of hydrogen-bond donors (Lipinski definition) is 1. The summed E-state index contributed by atoms with van der Waals surface area (Å²) in [6.45, 7) is 4.13. The average Bonchev–Trinajstić information content (AvgIpc) is 3.20. The van der Waals surface area contributed by atoms with Gasteiger partial charge in [-0.3, -0.25) is 4.57 Å². The molecule has 0 atom stereocenters. The van der Waals surface area contributed by atoms with Gasteiger partial charge in [0, 0.05) is 26.6 Å². The van der Waals surface area contributed by atoms with E-state index >= 15 is 0 Å². The molecule has 0 saturated heterocycles. The van der Waals surface area contributed by atoms with Gasteiger partial charge >= 0.3 is 12.1 Å². The summed E-state index contributed by atoms with van der Waals surface area (Å²) in [6, 6.07) is 18.3. The van der Waals surface area contributed by atoms with Gasteiger partial charge in [-0.2, -0.15) is 0 Å². The van der Waals surface area contributed by atoms with Crippen molar-refractivity contribution >= 4 is 23.1 Å². The van der Waals surface area contributed by atoms with E-state index in [0.29, 0.717) is 11.3 Å². The molecular formula is C28H29N3O4. The Hall–Kier alpha value is -4.13. The molecule has 0 aliphatic heterocycles. The minimum atomic E-state index is -0.963. The van der Waals surface area contributed by atoms with Crippen molar-refractivity contribution in [2.24, 2.45) is 0 Å². The van der Waals surface area contributed by atoms with E-state index in [1.165, 1.54) is 4.90 Å². The van der Waals surface area contributed by atoms with Crippen LogP contribution in [0.25, 0.3) is 27.8 Å². The SMILES string of the molecule is CCCCc1nc2ccc(OC(=O)N(C)C)cc2n1-c1cccc(-c2ccccc2C(=O)O)c1C. The number of imidazole rings is 1. The van der Waals surface area contributed by atoms with Gasteiger partial charge in [0.2, 0.25) is 0 Å². The molecule has 0 aliphatic rings. The number of ether oxygens (including phenoxy) is 1. The van der Waals surface area contributed by atoms with Crippen LogP contribution < -0.4 is 4.74 Å². The molecule has 3 aromatic carbocycles. The first kappa shape index (κ1) is 24.0. The summed E-state index contributed by atoms with van der Waals surface area (Å²) in [4.78, 5) is 30.3. The Morgan fingerprint density at radius 3 is 2.49 bits per heavy atom. The second-order valence-electron chi connectivity index (χ2n) is 8.68. The summed E-state index contributed by atoms with van der Waals surface area (Å²) < 4.78 is 7.61. The number of unbranched alkanes of at least 4 members (excludes halogenated alkanes) is 1. The fraction of sp³-hybridized carbons (Fsp3) is 0.250. The molecule has 0 radical (unpaired) electrons. The van der Waals surface area contributed by atoms with Crippen molar-refractivity contribution in [3.63, 3.8) is 0 Å². The van der Waals surface area contributed by atoms with Crippen LogP contribution in [0, 0.1) is 6.92 Å². The van der Waals surface area contributed by atoms with Crippen LogP contribution in [0.4, 0.5) is 4.79 Å². The van der Waals surface area contributed by atoms with E-state index < -0.39 is 12.1 Å². The van der Waals surface area contributed by atoms with Crippen LogP contribution in [0.15, 0.2) is 60.7 Å². The number of rotatable bonds is 7. The van der Waals surface area contributed by atoms with Crippen molar-refractivity contribution < 1.29 is 19.4 Å². The molecule has 1 amide bonds. The third-order valence-electron chi connectivity index (χ3n) is 6.01. The zero-order valence-electron chi connectivity index (χ0n) is 20.4. The molecule has 0 unspecified atom stereocenters. The average molecular weight is 472 g/mol. The highest BCUT2D eigenvalue weighted by molar-refractivity contribution is 5.97. The highest BCUT2D eigenvalue weighted by Gasteiger charge is 2.19. The third kappa shape index (κ3) is 4.75. The Morgan fingerprint density at radius 2 is 1.77 bits per heavy atom. The van der Waals surface area contributed by atoms with Gasteiger partial charge in [-0.05, 0) is 54.3 Å². The Labute approximate surface area is 204 Å². The zero-order chi connectivity index (χ0) is 25.1. The number of nitrogens with zero attached hydrogens (tertiary/aromatic N) is 3. The van der Waals surface area contributed by atoms with Gasteiger partial charge in [0.15, 0.2) is 0 Å². The number of carbonyl (C=O) groups is 2. The summed E-state index contributed by atoms with van der Waals surface area (Å²) in [5, 5.41) is 9.74. The third-order valence-corrected chi connectivity index (χ3v) is 6.01. The molecule has 7 heteroatoms. The predicted molar refractivity (Wildman–Crippen MR) is 137 cm³/mol. The second-order valence-corrected chi connectivity index (χ2v) is 8.68. The molecule has 4 rings (SSSR count). The molecule has 4 aromatic rings. The van der Waals surface area contributed by atoms with Crippen molar-refractivity contribution in [3.8, 4) is 22.6 Å². The van der Waals surface area contributed by atoms with Crippen LogP contribution in [0.5, 0.6) is 5.75 Å². The molecule has 180 valence electrons. The summed E-state index contributed by atoms with van der Waals surface area (Å²) in [5.41, 5.74) is 5.25. The lowest BCUT2D eigenvalue weighted by Crippen LogP contribution is -2.25. The van der Waals surface area contributed by atoms with Crippen molar-refractivity contribution in [3.05, 3.63) is 77.6 Å². The molecular weight excluding hydrogens is 442 g/mol. The molecule has 0 saturated carbocycles. The summed E-state index contributed by atoms with van der Waals surface area (Å²) >= 11 is 0. The van der Waals surface area contributed by atoms with E-state index in [9.17, 15) is 14.7 Å². The quantitative estimate of drug-likeness (QED) is 0.352. The van der Waals surface area contributed by atoms with Crippen LogP contribution in [-0.2, 0) is 6.42 Å². The first-order valence-corrected chi connectivity index (χ1v) is 11.6. The van der Waals surface area contributed by atoms with E-state index in [1.54, 1.807) is 32.3 Å². The Morgan fingerprint density at radius 1 is 1.03 bits per heavy atom. The first-order valence-electron chi connectivity index (χ1n) is 11.6. The van der Waals surface area contributed by atoms with Gasteiger partial charge in [-0.15, -0.1) is 0 Å². The molecule has 7 nitrogen and oxygen atoms in total. The van der Waals surface area contributed by atoms with Crippen LogP contribution in [0.1, 0.15) is 41.5 Å². The maximum atomic E-state index is 12.1. The lowest BCUT2D eigenvalue weighted by atomic mass is 9.95. The number of carboxylic acid groups (broad SMARTS) is 1. The highest BCUT2D eigenvalue weighted by atomic mass is 16.6. The van der Waals surface area contributed by atoms with Crippen LogP contribution in [0.3, 0.4) is 0 Å². The number of aryl methyl sites for hydroxylation is 1. The maximum absolute atomic E-state index is 12.1. The molecule has 0 fully saturated rings. The monoisotopic (exact) mass is 471 g/mol. The van der Waals surface area contributed by atoms with Crippen molar-refractivity contribution in [2.45, 2.75) is 33.1 Å². The van der Waals surface area contributed by atoms with E-state index in [1.807, 2.05) is 49.4 Å². The normalized spacial score (nSPS) is 11.0. The molecule has 1 heterocycles. The number of amides is 1. The van der Waals surface area contributed by atoms with Gasteiger partial charge in [-0.25, -0.2) is 14.6 Å². The molecule has 35 heavy (non-hydrogen) atoms. The lowest BCUT2D eigenvalue weighted by molar-refractivity contribution is 0.0697. The fourth-order valence-corrected chi connectivity index (χ4v) is 4.19. The number of aromatic nitrogens is 2. The van der Waals surface area contributed by atoms with Gasteiger partial charge in [0.05, 0.1) is 22.3 Å². The van der Waals surface area contributed by atoms with Gasteiger partial charge < -0.3 is 14.7 Å². The first-order chi connectivity index (χ1) is 16.8. The molecule has 0 spiro atoms. The highest BCUT2D eigenvalue weighted by Crippen LogP contribution is 2.34. The molecule has 0 aliphatic carbocycles. The number of carbonyl (C=O) groups excluding carboxylic acids is 1. The number of carboxylic acids is 1. The predicted octanol–water partition coefficient (Wildman–Crippen LogP) is 6.10. The Balaban J connectivity index is 1.92. The van der Waals surface area contributed by atoms with E-state index in [2.05, 4.69) is 11.5 Å². The van der Waals surface area contributed by atoms with Crippen molar-refractivity contribution in [2.75, 3.05) is 14.1 Å². The Bertz CT molecular complexity index is 1400. The molecule has 1 N–H and O–H groups in total. The van der Waals surface area contributed by atoms with Crippen molar-refractivity contribution in [1.29, 1.82) is 0 Å². The van der Waals surface area contributed by atoms with Crippen LogP contribution >= 0.6 is 0 Å². The number of benzene rings is 3. The van der Waals surface area contributed by atoms with Gasteiger partial charge in [-0.1, -0.05) is 43.7 Å². The van der Waals surface area contributed by atoms with E-state index in [4.69, 9.17) is 9.72 Å². The summed E-state index contributed by atoms with van der Waals surface area (Å²) in [5.74, 6) is 0.378. The second kappa shape index (κ2) is 10.0. The zero-order valence-corrected chi connectivity index (χ0v) is 20.4.